The maximum Gasteiger partial charge on any atom is 0.226 e. The third-order valence-electron chi connectivity index (χ3n) is 4.17. The number of carbonyl (C=O) groups excluding carboxylic acids is 2. The van der Waals surface area contributed by atoms with Crippen LogP contribution >= 0.6 is 0 Å². The van der Waals surface area contributed by atoms with Gasteiger partial charge in [-0.15, -0.1) is 0 Å². The summed E-state index contributed by atoms with van der Waals surface area (Å²) in [7, 11) is 1.58. The molecule has 3 rings (SSSR count). The van der Waals surface area contributed by atoms with Crippen LogP contribution in [0.3, 0.4) is 0 Å². The second kappa shape index (κ2) is 8.85. The largest absolute Gasteiger partial charge is 0.497 e. The fraction of sp³-hybridized carbons (Fsp3) is 0.190. The first-order valence-electron chi connectivity index (χ1n) is 8.75. The minimum atomic E-state index is -0.433. The number of anilines is 1. The Hall–Kier alpha value is -3.61. The Morgan fingerprint density at radius 1 is 1.11 bits per heavy atom. The summed E-state index contributed by atoms with van der Waals surface area (Å²) in [6.45, 7) is 1.43. The fourth-order valence-electron chi connectivity index (χ4n) is 2.81. The minimum Gasteiger partial charge on any atom is -0.497 e. The molecular weight excluding hydrogens is 358 g/mol. The molecule has 2 N–H and O–H groups in total. The summed E-state index contributed by atoms with van der Waals surface area (Å²) < 4.78 is 10.4. The fourth-order valence-corrected chi connectivity index (χ4v) is 2.81. The molecule has 7 heteroatoms. The maximum absolute atomic E-state index is 12.5. The van der Waals surface area contributed by atoms with Crippen molar-refractivity contribution in [3.8, 4) is 17.1 Å². The van der Waals surface area contributed by atoms with Gasteiger partial charge in [-0.05, 0) is 42.0 Å². The van der Waals surface area contributed by atoms with Gasteiger partial charge in [0.05, 0.1) is 25.8 Å². The topological polar surface area (TPSA) is 93.5 Å². The molecule has 0 spiro atoms. The Bertz CT molecular complexity index is 919. The van der Waals surface area contributed by atoms with Crippen molar-refractivity contribution >= 4 is 17.5 Å². The van der Waals surface area contributed by atoms with Crippen molar-refractivity contribution in [1.29, 1.82) is 0 Å². The van der Waals surface area contributed by atoms with Gasteiger partial charge in [0.15, 0.2) is 12.2 Å². The smallest absolute Gasteiger partial charge is 0.226 e. The van der Waals surface area contributed by atoms with Crippen molar-refractivity contribution in [3.63, 3.8) is 0 Å². The lowest BCUT2D eigenvalue weighted by Crippen LogP contribution is -2.29. The van der Waals surface area contributed by atoms with E-state index in [1.54, 1.807) is 37.6 Å². The molecule has 2 aromatic carbocycles. The van der Waals surface area contributed by atoms with Gasteiger partial charge >= 0.3 is 0 Å². The second-order valence-corrected chi connectivity index (χ2v) is 6.22. The number of nitrogens with zero attached hydrogens (tertiary/aromatic N) is 1. The highest BCUT2D eigenvalue weighted by atomic mass is 16.5. The summed E-state index contributed by atoms with van der Waals surface area (Å²) >= 11 is 0. The van der Waals surface area contributed by atoms with Crippen LogP contribution in [0.15, 0.2) is 65.5 Å². The van der Waals surface area contributed by atoms with Crippen LogP contribution in [0.5, 0.6) is 5.75 Å². The molecule has 0 saturated heterocycles. The number of nitrogens with one attached hydrogen (secondary N) is 2. The molecular formula is C21H21N3O4. The number of methoxy groups -OCH3 is 1. The number of ether oxygens (including phenoxy) is 1. The molecule has 144 valence electrons. The second-order valence-electron chi connectivity index (χ2n) is 6.22. The quantitative estimate of drug-likeness (QED) is 0.655. The van der Waals surface area contributed by atoms with E-state index in [4.69, 9.17) is 9.15 Å². The number of amides is 2. The summed E-state index contributed by atoms with van der Waals surface area (Å²) in [5, 5.41) is 5.67. The normalized spacial score (nSPS) is 11.5. The predicted molar refractivity (Wildman–Crippen MR) is 105 cm³/mol. The van der Waals surface area contributed by atoms with Crippen molar-refractivity contribution in [2.45, 2.75) is 19.4 Å². The van der Waals surface area contributed by atoms with Gasteiger partial charge in [0.2, 0.25) is 11.8 Å². The van der Waals surface area contributed by atoms with E-state index in [9.17, 15) is 9.59 Å². The van der Waals surface area contributed by atoms with Crippen LogP contribution < -0.4 is 15.4 Å². The van der Waals surface area contributed by atoms with Crippen LogP contribution in [0, 0.1) is 0 Å². The average molecular weight is 379 g/mol. The standard InChI is InChI=1S/C21H21N3O4/c1-14(25)23-19(15-5-9-18(27-2)10-6-15)11-21(26)24-17-7-3-16(4-8-17)20-12-22-13-28-20/h3-10,12-13,19H,11H2,1-2H3,(H,23,25)(H,24,26). The zero-order chi connectivity index (χ0) is 19.9. The van der Waals surface area contributed by atoms with E-state index >= 15 is 0 Å². The molecule has 1 heterocycles. The predicted octanol–water partition coefficient (Wildman–Crippen LogP) is 3.56. The van der Waals surface area contributed by atoms with Gasteiger partial charge < -0.3 is 19.8 Å². The van der Waals surface area contributed by atoms with E-state index in [1.165, 1.54) is 13.3 Å². The molecule has 0 aliphatic carbocycles. The SMILES string of the molecule is COc1ccc(C(CC(=O)Nc2ccc(-c3cnco3)cc2)NC(C)=O)cc1. The van der Waals surface area contributed by atoms with Gasteiger partial charge in [0.1, 0.15) is 5.75 Å². The van der Waals surface area contributed by atoms with Gasteiger partial charge in [-0.3, -0.25) is 9.59 Å². The first-order valence-corrected chi connectivity index (χ1v) is 8.75. The number of carbonyl (C=O) groups is 2. The molecule has 0 bridgehead atoms. The molecule has 0 radical (unpaired) electrons. The summed E-state index contributed by atoms with van der Waals surface area (Å²) in [6, 6.07) is 14.1. The zero-order valence-electron chi connectivity index (χ0n) is 15.6. The van der Waals surface area contributed by atoms with Crippen molar-refractivity contribution < 1.29 is 18.7 Å². The Balaban J connectivity index is 1.66. The minimum absolute atomic E-state index is 0.107. The Kier molecular flexibility index (Phi) is 6.06. The third-order valence-corrected chi connectivity index (χ3v) is 4.17. The molecule has 28 heavy (non-hydrogen) atoms. The molecule has 0 saturated carbocycles. The molecule has 1 unspecified atom stereocenters. The number of aromatic nitrogens is 1. The number of benzene rings is 2. The first-order chi connectivity index (χ1) is 13.5. The van der Waals surface area contributed by atoms with Gasteiger partial charge in [-0.25, -0.2) is 4.98 Å². The van der Waals surface area contributed by atoms with Crippen LogP contribution in [0.4, 0.5) is 5.69 Å². The van der Waals surface area contributed by atoms with E-state index < -0.39 is 6.04 Å². The van der Waals surface area contributed by atoms with E-state index in [0.29, 0.717) is 17.2 Å². The van der Waals surface area contributed by atoms with E-state index in [0.717, 1.165) is 11.1 Å². The third kappa shape index (κ3) is 4.97. The van der Waals surface area contributed by atoms with Gasteiger partial charge in [-0.1, -0.05) is 12.1 Å². The highest BCUT2D eigenvalue weighted by Crippen LogP contribution is 2.23. The molecule has 1 aromatic heterocycles. The van der Waals surface area contributed by atoms with Crippen molar-refractivity contribution in [2.24, 2.45) is 0 Å². The van der Waals surface area contributed by atoms with Crippen LogP contribution in [0.1, 0.15) is 24.9 Å². The van der Waals surface area contributed by atoms with Gasteiger partial charge in [0.25, 0.3) is 0 Å². The summed E-state index contributed by atoms with van der Waals surface area (Å²) in [4.78, 5) is 27.9. The lowest BCUT2D eigenvalue weighted by atomic mass is 10.0. The molecule has 0 fully saturated rings. The molecule has 7 nitrogen and oxygen atoms in total. The Morgan fingerprint density at radius 3 is 2.39 bits per heavy atom. The lowest BCUT2D eigenvalue weighted by Gasteiger charge is -2.18. The van der Waals surface area contributed by atoms with E-state index in [2.05, 4.69) is 15.6 Å². The summed E-state index contributed by atoms with van der Waals surface area (Å²) in [5.74, 6) is 0.955. The average Bonchev–Trinajstić information content (AvgIpc) is 3.22. The number of oxazole rings is 1. The lowest BCUT2D eigenvalue weighted by molar-refractivity contribution is -0.120. The maximum atomic E-state index is 12.5. The van der Waals surface area contributed by atoms with E-state index in [-0.39, 0.29) is 18.2 Å². The zero-order valence-corrected chi connectivity index (χ0v) is 15.6. The first kappa shape index (κ1) is 19.2. The van der Waals surface area contributed by atoms with Crippen LogP contribution in [0.2, 0.25) is 0 Å². The van der Waals surface area contributed by atoms with Gasteiger partial charge in [0, 0.05) is 18.2 Å². The van der Waals surface area contributed by atoms with Crippen molar-refractivity contribution in [1.82, 2.24) is 10.3 Å². The Morgan fingerprint density at radius 2 is 1.82 bits per heavy atom. The number of hydrogen-bond acceptors (Lipinski definition) is 5. The number of hydrogen-bond donors (Lipinski definition) is 2. The van der Waals surface area contributed by atoms with Crippen molar-refractivity contribution in [2.75, 3.05) is 12.4 Å². The van der Waals surface area contributed by atoms with Crippen LogP contribution in [0.25, 0.3) is 11.3 Å². The molecule has 3 aromatic rings. The monoisotopic (exact) mass is 379 g/mol. The highest BCUT2D eigenvalue weighted by molar-refractivity contribution is 5.91. The molecule has 2 amide bonds. The van der Waals surface area contributed by atoms with Crippen LogP contribution in [-0.2, 0) is 9.59 Å². The number of rotatable bonds is 7. The molecule has 1 atom stereocenters. The van der Waals surface area contributed by atoms with Crippen LogP contribution in [-0.4, -0.2) is 23.9 Å². The summed E-state index contributed by atoms with van der Waals surface area (Å²) in [6.07, 6.45) is 3.10. The molecule has 0 aliphatic heterocycles. The van der Waals surface area contributed by atoms with E-state index in [1.807, 2.05) is 24.3 Å². The Labute approximate surface area is 162 Å². The molecule has 0 aliphatic rings. The van der Waals surface area contributed by atoms with Crippen molar-refractivity contribution in [3.05, 3.63) is 66.7 Å². The highest BCUT2D eigenvalue weighted by Gasteiger charge is 2.17. The van der Waals surface area contributed by atoms with Gasteiger partial charge in [-0.2, -0.15) is 0 Å². The summed E-state index contributed by atoms with van der Waals surface area (Å²) in [5.41, 5.74) is 2.35.